The fourth-order valence-electron chi connectivity index (χ4n) is 2.14. The van der Waals surface area contributed by atoms with E-state index in [2.05, 4.69) is 0 Å². The Morgan fingerprint density at radius 1 is 1.15 bits per heavy atom. The Balaban J connectivity index is 1.89. The lowest BCUT2D eigenvalue weighted by Gasteiger charge is -2.33. The minimum absolute atomic E-state index is 0.305. The molecule has 5 heteroatoms. The number of rotatable bonds is 3. The summed E-state index contributed by atoms with van der Waals surface area (Å²) in [7, 11) is 0. The van der Waals surface area contributed by atoms with Crippen LogP contribution in [0.25, 0.3) is 0 Å². The van der Waals surface area contributed by atoms with Crippen molar-refractivity contribution in [1.29, 1.82) is 0 Å². The topological polar surface area (TPSA) is 61.8 Å². The highest BCUT2D eigenvalue weighted by molar-refractivity contribution is 5.89. The van der Waals surface area contributed by atoms with Crippen LogP contribution < -0.4 is 0 Å². The smallest absolute Gasteiger partial charge is 0.338 e. The molecule has 1 fully saturated rings. The van der Waals surface area contributed by atoms with E-state index in [0.29, 0.717) is 18.4 Å². The number of benzene rings is 1. The molecule has 0 unspecified atom stereocenters. The lowest BCUT2D eigenvalue weighted by atomic mass is 10.1. The maximum Gasteiger partial charge on any atom is 0.338 e. The molecule has 1 aromatic carbocycles. The fraction of sp³-hybridized carbons (Fsp3) is 0.467. The van der Waals surface area contributed by atoms with Crippen molar-refractivity contribution in [3.8, 4) is 0 Å². The third-order valence-electron chi connectivity index (χ3n) is 3.14. The van der Waals surface area contributed by atoms with Crippen LogP contribution >= 0.6 is 0 Å². The van der Waals surface area contributed by atoms with Crippen LogP contribution in [0, 0.1) is 0 Å². The molecule has 0 bridgehead atoms. The molecule has 2 rings (SSSR count). The molecule has 1 aliphatic heterocycles. The van der Waals surface area contributed by atoms with E-state index in [1.54, 1.807) is 31.2 Å². The van der Waals surface area contributed by atoms with Crippen LogP contribution in [0.5, 0.6) is 0 Å². The van der Waals surface area contributed by atoms with E-state index >= 15 is 0 Å². The van der Waals surface area contributed by atoms with Gasteiger partial charge < -0.3 is 14.2 Å². The lowest BCUT2D eigenvalue weighted by molar-refractivity contribution is -0.216. The maximum absolute atomic E-state index is 12.0. The molecule has 0 spiro atoms. The normalized spacial score (nSPS) is 25.8. The Labute approximate surface area is 117 Å². The number of hydrogen-bond donors (Lipinski definition) is 0. The quantitative estimate of drug-likeness (QED) is 0.794. The minimum atomic E-state index is -0.547. The van der Waals surface area contributed by atoms with Gasteiger partial charge in [0.1, 0.15) is 6.10 Å². The summed E-state index contributed by atoms with van der Waals surface area (Å²) in [6, 6.07) is 8.83. The van der Waals surface area contributed by atoms with Crippen molar-refractivity contribution < 1.29 is 23.8 Å². The summed E-state index contributed by atoms with van der Waals surface area (Å²) in [6.45, 7) is 3.15. The van der Waals surface area contributed by atoms with Gasteiger partial charge in [-0.15, -0.1) is 0 Å². The number of hydrogen-bond acceptors (Lipinski definition) is 5. The Kier molecular flexibility index (Phi) is 4.74. The van der Waals surface area contributed by atoms with Gasteiger partial charge in [0.05, 0.1) is 11.7 Å². The molecule has 0 N–H and O–H groups in total. The van der Waals surface area contributed by atoms with Gasteiger partial charge in [-0.2, -0.15) is 0 Å². The van der Waals surface area contributed by atoms with Gasteiger partial charge in [0, 0.05) is 13.3 Å². The summed E-state index contributed by atoms with van der Waals surface area (Å²) in [5, 5.41) is 0. The zero-order valence-electron chi connectivity index (χ0n) is 11.6. The van der Waals surface area contributed by atoms with Crippen molar-refractivity contribution >= 4 is 11.9 Å². The highest BCUT2D eigenvalue weighted by atomic mass is 16.7. The lowest BCUT2D eigenvalue weighted by Crippen LogP contribution is -2.41. The third kappa shape index (κ3) is 3.81. The van der Waals surface area contributed by atoms with Gasteiger partial charge in [-0.1, -0.05) is 18.2 Å². The highest BCUT2D eigenvalue weighted by Gasteiger charge is 2.32. The van der Waals surface area contributed by atoms with Gasteiger partial charge in [-0.05, 0) is 25.5 Å². The van der Waals surface area contributed by atoms with Gasteiger partial charge in [-0.25, -0.2) is 4.79 Å². The van der Waals surface area contributed by atoms with Crippen LogP contribution in [0.2, 0.25) is 0 Å². The van der Waals surface area contributed by atoms with Crippen LogP contribution in [-0.2, 0) is 19.0 Å². The molecule has 0 aromatic heterocycles. The molecular formula is C15H18O5. The molecule has 1 aromatic rings. The predicted octanol–water partition coefficient (Wildman–Crippen LogP) is 2.30. The maximum atomic E-state index is 12.0. The van der Waals surface area contributed by atoms with E-state index in [4.69, 9.17) is 14.2 Å². The van der Waals surface area contributed by atoms with E-state index in [9.17, 15) is 9.59 Å². The monoisotopic (exact) mass is 278 g/mol. The Morgan fingerprint density at radius 2 is 1.85 bits per heavy atom. The Bertz CT molecular complexity index is 470. The molecule has 0 amide bonds. The van der Waals surface area contributed by atoms with Gasteiger partial charge in [0.15, 0.2) is 0 Å². The van der Waals surface area contributed by atoms with E-state index in [-0.39, 0.29) is 24.1 Å². The first-order valence-corrected chi connectivity index (χ1v) is 6.65. The van der Waals surface area contributed by atoms with E-state index in [1.165, 1.54) is 6.92 Å². The molecule has 0 radical (unpaired) electrons. The number of carbonyl (C=O) groups excluding carboxylic acids is 2. The molecule has 0 saturated carbocycles. The van der Waals surface area contributed by atoms with Crippen molar-refractivity contribution in [2.75, 3.05) is 0 Å². The molecule has 1 heterocycles. The second-order valence-corrected chi connectivity index (χ2v) is 4.77. The minimum Gasteiger partial charge on any atom is -0.456 e. The van der Waals surface area contributed by atoms with Crippen LogP contribution in [0.4, 0.5) is 0 Å². The van der Waals surface area contributed by atoms with Crippen molar-refractivity contribution in [3.63, 3.8) is 0 Å². The van der Waals surface area contributed by atoms with Crippen LogP contribution in [-0.4, -0.2) is 30.4 Å². The van der Waals surface area contributed by atoms with Gasteiger partial charge in [0.25, 0.3) is 0 Å². The van der Waals surface area contributed by atoms with E-state index in [1.807, 2.05) is 6.07 Å². The molecule has 1 aliphatic rings. The summed E-state index contributed by atoms with van der Waals surface area (Å²) in [6.07, 6.45) is -0.0432. The number of ether oxygens (including phenoxy) is 3. The number of esters is 2. The first-order chi connectivity index (χ1) is 9.56. The molecule has 108 valence electrons. The zero-order chi connectivity index (χ0) is 14.5. The van der Waals surface area contributed by atoms with Crippen LogP contribution in [0.3, 0.4) is 0 Å². The third-order valence-corrected chi connectivity index (χ3v) is 3.14. The fourth-order valence-corrected chi connectivity index (χ4v) is 2.14. The first-order valence-electron chi connectivity index (χ1n) is 6.65. The summed E-state index contributed by atoms with van der Waals surface area (Å²) in [4.78, 5) is 22.8. The number of carbonyl (C=O) groups is 2. The molecule has 0 aliphatic carbocycles. The Hall–Kier alpha value is -1.88. The van der Waals surface area contributed by atoms with Crippen molar-refractivity contribution in [2.24, 2.45) is 0 Å². The molecule has 3 atom stereocenters. The highest BCUT2D eigenvalue weighted by Crippen LogP contribution is 2.23. The summed E-state index contributed by atoms with van der Waals surface area (Å²) < 4.78 is 16.0. The average molecular weight is 278 g/mol. The van der Waals surface area contributed by atoms with Gasteiger partial charge in [0.2, 0.25) is 6.29 Å². The van der Waals surface area contributed by atoms with E-state index < -0.39 is 6.29 Å². The van der Waals surface area contributed by atoms with Crippen molar-refractivity contribution in [1.82, 2.24) is 0 Å². The largest absolute Gasteiger partial charge is 0.456 e. The Morgan fingerprint density at radius 3 is 2.45 bits per heavy atom. The van der Waals surface area contributed by atoms with Crippen LogP contribution in [0.15, 0.2) is 30.3 Å². The zero-order valence-corrected chi connectivity index (χ0v) is 11.6. The standard InChI is InChI=1S/C15H18O5/c1-10-13(8-9-14(18-10)19-11(2)16)20-15(17)12-6-4-3-5-7-12/h3-7,10,13-14H,8-9H2,1-2H3/t10-,13-,14+/m0/s1. The first kappa shape index (κ1) is 14.5. The molecule has 5 nitrogen and oxygen atoms in total. The summed E-state index contributed by atoms with van der Waals surface area (Å²) in [5.41, 5.74) is 0.516. The summed E-state index contributed by atoms with van der Waals surface area (Å²) >= 11 is 0. The average Bonchev–Trinajstić information content (AvgIpc) is 2.42. The predicted molar refractivity (Wildman–Crippen MR) is 71.0 cm³/mol. The SMILES string of the molecule is CC(=O)O[C@@H]1CC[C@H](OC(=O)c2ccccc2)[C@H](C)O1. The molecular weight excluding hydrogens is 260 g/mol. The second kappa shape index (κ2) is 6.52. The van der Waals surface area contributed by atoms with Crippen LogP contribution in [0.1, 0.15) is 37.0 Å². The summed E-state index contributed by atoms with van der Waals surface area (Å²) in [5.74, 6) is -0.737. The molecule has 20 heavy (non-hydrogen) atoms. The van der Waals surface area contributed by atoms with Crippen molar-refractivity contribution in [3.05, 3.63) is 35.9 Å². The van der Waals surface area contributed by atoms with Crippen molar-refractivity contribution in [2.45, 2.75) is 45.2 Å². The van der Waals surface area contributed by atoms with Gasteiger partial charge >= 0.3 is 11.9 Å². The van der Waals surface area contributed by atoms with E-state index in [0.717, 1.165) is 0 Å². The van der Waals surface area contributed by atoms with Gasteiger partial charge in [-0.3, -0.25) is 4.79 Å². The second-order valence-electron chi connectivity index (χ2n) is 4.77. The molecule has 1 saturated heterocycles.